The maximum Gasteiger partial charge on any atom is 0.306 e. The number of methoxy groups -OCH3 is 1. The SMILES string of the molecule is CCOc1ccc(NC(=O)CCC(=O)OCC(=O)Nc2cc(Cl)ccc2OC)cc1. The Morgan fingerprint density at radius 1 is 0.967 bits per heavy atom. The van der Waals surface area contributed by atoms with E-state index in [2.05, 4.69) is 10.6 Å². The van der Waals surface area contributed by atoms with Gasteiger partial charge in [0.15, 0.2) is 6.61 Å². The van der Waals surface area contributed by atoms with E-state index in [1.807, 2.05) is 6.92 Å². The number of esters is 1. The predicted octanol–water partition coefficient (Wildman–Crippen LogP) is 3.65. The molecule has 0 bridgehead atoms. The second-order valence-corrected chi connectivity index (χ2v) is 6.50. The van der Waals surface area contributed by atoms with Crippen LogP contribution in [0.15, 0.2) is 42.5 Å². The molecular formula is C21H23ClN2O6. The van der Waals surface area contributed by atoms with Crippen molar-refractivity contribution in [3.05, 3.63) is 47.5 Å². The second kappa shape index (κ2) is 11.7. The highest BCUT2D eigenvalue weighted by atomic mass is 35.5. The molecule has 2 rings (SSSR count). The first kappa shape index (κ1) is 23.0. The van der Waals surface area contributed by atoms with Gasteiger partial charge in [-0.3, -0.25) is 14.4 Å². The summed E-state index contributed by atoms with van der Waals surface area (Å²) in [5.74, 6) is -0.435. The summed E-state index contributed by atoms with van der Waals surface area (Å²) in [6.45, 7) is 1.94. The van der Waals surface area contributed by atoms with E-state index in [1.165, 1.54) is 13.2 Å². The lowest BCUT2D eigenvalue weighted by Crippen LogP contribution is -2.22. The summed E-state index contributed by atoms with van der Waals surface area (Å²) < 4.78 is 15.4. The monoisotopic (exact) mass is 434 g/mol. The molecule has 0 aliphatic heterocycles. The average Bonchev–Trinajstić information content (AvgIpc) is 2.72. The maximum absolute atomic E-state index is 12.0. The van der Waals surface area contributed by atoms with E-state index >= 15 is 0 Å². The first-order chi connectivity index (χ1) is 14.4. The normalized spacial score (nSPS) is 10.1. The Morgan fingerprint density at radius 2 is 1.70 bits per heavy atom. The van der Waals surface area contributed by atoms with Gasteiger partial charge in [0.25, 0.3) is 5.91 Å². The molecule has 2 aromatic carbocycles. The third-order valence-corrected chi connectivity index (χ3v) is 4.04. The molecule has 0 unspecified atom stereocenters. The van der Waals surface area contributed by atoms with Crippen LogP contribution < -0.4 is 20.1 Å². The zero-order valence-corrected chi connectivity index (χ0v) is 17.5. The van der Waals surface area contributed by atoms with Crippen molar-refractivity contribution in [2.24, 2.45) is 0 Å². The summed E-state index contributed by atoms with van der Waals surface area (Å²) in [7, 11) is 1.46. The number of anilines is 2. The minimum absolute atomic E-state index is 0.0736. The largest absolute Gasteiger partial charge is 0.495 e. The summed E-state index contributed by atoms with van der Waals surface area (Å²) in [5, 5.41) is 5.65. The van der Waals surface area contributed by atoms with Crippen LogP contribution in [0.25, 0.3) is 0 Å². The number of benzene rings is 2. The summed E-state index contributed by atoms with van der Waals surface area (Å²) >= 11 is 5.90. The molecule has 0 aromatic heterocycles. The third kappa shape index (κ3) is 7.63. The number of carbonyl (C=O) groups excluding carboxylic acids is 3. The van der Waals surface area contributed by atoms with Crippen LogP contribution in [0, 0.1) is 0 Å². The number of halogens is 1. The third-order valence-electron chi connectivity index (χ3n) is 3.81. The molecule has 0 fully saturated rings. The Kier molecular flexibility index (Phi) is 8.96. The number of carbonyl (C=O) groups is 3. The molecule has 2 aromatic rings. The zero-order valence-electron chi connectivity index (χ0n) is 16.7. The molecule has 160 valence electrons. The van der Waals surface area contributed by atoms with Crippen LogP contribution in [0.5, 0.6) is 11.5 Å². The Balaban J connectivity index is 1.72. The maximum atomic E-state index is 12.0. The summed E-state index contributed by atoms with van der Waals surface area (Å²) in [4.78, 5) is 35.7. The average molecular weight is 435 g/mol. The Morgan fingerprint density at radius 3 is 2.37 bits per heavy atom. The smallest absolute Gasteiger partial charge is 0.306 e. The fraction of sp³-hybridized carbons (Fsp3) is 0.286. The molecule has 9 heteroatoms. The van der Waals surface area contributed by atoms with Crippen molar-refractivity contribution in [3.63, 3.8) is 0 Å². The number of amides is 2. The van der Waals surface area contributed by atoms with Gasteiger partial charge in [-0.05, 0) is 49.4 Å². The topological polar surface area (TPSA) is 103 Å². The Hall–Kier alpha value is -3.26. The van der Waals surface area contributed by atoms with Crippen LogP contribution >= 0.6 is 11.6 Å². The predicted molar refractivity (Wildman–Crippen MR) is 113 cm³/mol. The molecule has 0 atom stereocenters. The van der Waals surface area contributed by atoms with Gasteiger partial charge in [-0.1, -0.05) is 11.6 Å². The van der Waals surface area contributed by atoms with Crippen LogP contribution in [0.3, 0.4) is 0 Å². The molecule has 30 heavy (non-hydrogen) atoms. The molecule has 0 aliphatic rings. The van der Waals surface area contributed by atoms with Crippen LogP contribution in [0.4, 0.5) is 11.4 Å². The van der Waals surface area contributed by atoms with Crippen molar-refractivity contribution < 1.29 is 28.6 Å². The molecule has 2 N–H and O–H groups in total. The van der Waals surface area contributed by atoms with Crippen LogP contribution in [0.1, 0.15) is 19.8 Å². The fourth-order valence-corrected chi connectivity index (χ4v) is 2.59. The van der Waals surface area contributed by atoms with Gasteiger partial charge in [0.05, 0.1) is 25.8 Å². The van der Waals surface area contributed by atoms with Crippen LogP contribution in [-0.2, 0) is 19.1 Å². The standard InChI is InChI=1S/C21H23ClN2O6/c1-3-29-16-7-5-15(6-8-16)23-19(25)10-11-21(27)30-13-20(26)24-17-12-14(22)4-9-18(17)28-2/h4-9,12H,3,10-11,13H2,1-2H3,(H,23,25)(H,24,26). The quantitative estimate of drug-likeness (QED) is 0.553. The van der Waals surface area contributed by atoms with Gasteiger partial charge >= 0.3 is 5.97 Å². The van der Waals surface area contributed by atoms with Gasteiger partial charge in [-0.2, -0.15) is 0 Å². The summed E-state index contributed by atoms with van der Waals surface area (Å²) in [6, 6.07) is 11.6. The van der Waals surface area contributed by atoms with Crippen molar-refractivity contribution in [1.29, 1.82) is 0 Å². The van der Waals surface area contributed by atoms with Gasteiger partial charge in [-0.15, -0.1) is 0 Å². The number of nitrogens with one attached hydrogen (secondary N) is 2. The molecule has 0 spiro atoms. The molecule has 0 aliphatic carbocycles. The van der Waals surface area contributed by atoms with Gasteiger partial charge in [0.2, 0.25) is 5.91 Å². The van der Waals surface area contributed by atoms with E-state index in [1.54, 1.807) is 36.4 Å². The van der Waals surface area contributed by atoms with E-state index in [0.29, 0.717) is 34.5 Å². The molecule has 0 saturated heterocycles. The lowest BCUT2D eigenvalue weighted by molar-refractivity contribution is -0.147. The highest BCUT2D eigenvalue weighted by molar-refractivity contribution is 6.31. The zero-order chi connectivity index (χ0) is 21.9. The first-order valence-corrected chi connectivity index (χ1v) is 9.60. The van der Waals surface area contributed by atoms with Gasteiger partial charge in [0, 0.05) is 17.1 Å². The van der Waals surface area contributed by atoms with Crippen molar-refractivity contribution in [2.75, 3.05) is 31.0 Å². The van der Waals surface area contributed by atoms with E-state index in [9.17, 15) is 14.4 Å². The van der Waals surface area contributed by atoms with Crippen LogP contribution in [-0.4, -0.2) is 38.1 Å². The molecule has 2 amide bonds. The lowest BCUT2D eigenvalue weighted by Gasteiger charge is -2.11. The number of hydrogen-bond acceptors (Lipinski definition) is 6. The Bertz CT molecular complexity index is 886. The van der Waals surface area contributed by atoms with Gasteiger partial charge in [-0.25, -0.2) is 0 Å². The lowest BCUT2D eigenvalue weighted by atomic mass is 10.2. The van der Waals surface area contributed by atoms with Gasteiger partial charge in [0.1, 0.15) is 11.5 Å². The highest BCUT2D eigenvalue weighted by Gasteiger charge is 2.13. The van der Waals surface area contributed by atoms with Crippen molar-refractivity contribution >= 4 is 40.8 Å². The fourth-order valence-electron chi connectivity index (χ4n) is 2.42. The highest BCUT2D eigenvalue weighted by Crippen LogP contribution is 2.27. The summed E-state index contributed by atoms with van der Waals surface area (Å²) in [6.07, 6.45) is -0.230. The molecule has 0 radical (unpaired) electrons. The number of ether oxygens (including phenoxy) is 3. The van der Waals surface area contributed by atoms with E-state index in [-0.39, 0.29) is 18.7 Å². The minimum atomic E-state index is -0.662. The Labute approximate surface area is 179 Å². The van der Waals surface area contributed by atoms with Gasteiger partial charge < -0.3 is 24.8 Å². The molecule has 0 saturated carbocycles. The second-order valence-electron chi connectivity index (χ2n) is 6.06. The van der Waals surface area contributed by atoms with Crippen molar-refractivity contribution in [3.8, 4) is 11.5 Å². The molecule has 8 nitrogen and oxygen atoms in total. The van der Waals surface area contributed by atoms with Crippen molar-refractivity contribution in [1.82, 2.24) is 0 Å². The number of rotatable bonds is 10. The van der Waals surface area contributed by atoms with E-state index < -0.39 is 18.5 Å². The van der Waals surface area contributed by atoms with Crippen molar-refractivity contribution in [2.45, 2.75) is 19.8 Å². The molecular weight excluding hydrogens is 412 g/mol. The van der Waals surface area contributed by atoms with E-state index in [4.69, 9.17) is 25.8 Å². The molecule has 0 heterocycles. The summed E-state index contributed by atoms with van der Waals surface area (Å²) in [5.41, 5.74) is 0.951. The van der Waals surface area contributed by atoms with E-state index in [0.717, 1.165) is 0 Å². The van der Waals surface area contributed by atoms with Crippen LogP contribution in [0.2, 0.25) is 5.02 Å². The first-order valence-electron chi connectivity index (χ1n) is 9.23. The number of hydrogen-bond donors (Lipinski definition) is 2. The minimum Gasteiger partial charge on any atom is -0.495 e.